The third-order valence-corrected chi connectivity index (χ3v) is 3.13. The van der Waals surface area contributed by atoms with E-state index in [0.29, 0.717) is 11.1 Å². The summed E-state index contributed by atoms with van der Waals surface area (Å²) in [6.07, 6.45) is 1.48. The Kier molecular flexibility index (Phi) is 3.06. The number of benzene rings is 1. The highest BCUT2D eigenvalue weighted by molar-refractivity contribution is 9.10. The van der Waals surface area contributed by atoms with Crippen molar-refractivity contribution in [3.8, 4) is 0 Å². The lowest BCUT2D eigenvalue weighted by atomic mass is 10.1. The molecule has 84 valence electrons. The van der Waals surface area contributed by atoms with Crippen molar-refractivity contribution in [1.29, 1.82) is 0 Å². The molecule has 1 heterocycles. The van der Waals surface area contributed by atoms with Gasteiger partial charge in [-0.15, -0.1) is 3.89 Å². The molecule has 0 saturated carbocycles. The van der Waals surface area contributed by atoms with Crippen LogP contribution in [0.3, 0.4) is 0 Å². The molecule has 3 N–H and O–H groups in total. The maximum atomic E-state index is 12.7. The average Bonchev–Trinajstić information content (AvgIpc) is 2.66. The first-order valence-electron chi connectivity index (χ1n) is 4.25. The molecule has 0 unspecified atom stereocenters. The zero-order chi connectivity index (χ0) is 11.7. The minimum atomic E-state index is -0.0455. The van der Waals surface area contributed by atoms with Crippen LogP contribution in [0.5, 0.6) is 0 Å². The molecule has 2 aromatic rings. The SMILES string of the molecule is N/C(=N\O)c1cn(SF)c2ccc(Br)cc12. The van der Waals surface area contributed by atoms with Crippen LogP contribution in [0.2, 0.25) is 0 Å². The lowest BCUT2D eigenvalue weighted by molar-refractivity contribution is 0.318. The summed E-state index contributed by atoms with van der Waals surface area (Å²) in [5.74, 6) is -0.0455. The summed E-state index contributed by atoms with van der Waals surface area (Å²) in [6, 6.07) is 5.33. The van der Waals surface area contributed by atoms with Crippen molar-refractivity contribution < 1.29 is 9.09 Å². The summed E-state index contributed by atoms with van der Waals surface area (Å²) >= 11 is 3.38. The number of hydrogen-bond acceptors (Lipinski definition) is 3. The maximum absolute atomic E-state index is 12.7. The largest absolute Gasteiger partial charge is 0.409 e. The molecule has 4 nitrogen and oxygen atoms in total. The van der Waals surface area contributed by atoms with Crippen molar-refractivity contribution in [1.82, 2.24) is 3.97 Å². The Morgan fingerprint density at radius 2 is 2.31 bits per heavy atom. The first kappa shape index (κ1) is 11.3. The van der Waals surface area contributed by atoms with Gasteiger partial charge in [0.05, 0.1) is 5.52 Å². The maximum Gasteiger partial charge on any atom is 0.172 e. The topological polar surface area (TPSA) is 63.5 Å². The Balaban J connectivity index is 2.79. The Bertz CT molecular complexity index is 569. The number of amidine groups is 1. The van der Waals surface area contributed by atoms with Gasteiger partial charge in [-0.1, -0.05) is 21.1 Å². The van der Waals surface area contributed by atoms with Gasteiger partial charge < -0.3 is 10.9 Å². The highest BCUT2D eigenvalue weighted by Crippen LogP contribution is 2.28. The van der Waals surface area contributed by atoms with Crippen molar-refractivity contribution in [3.05, 3.63) is 34.4 Å². The van der Waals surface area contributed by atoms with Crippen LogP contribution in [0.25, 0.3) is 10.9 Å². The molecule has 0 fully saturated rings. The number of oxime groups is 1. The highest BCUT2D eigenvalue weighted by atomic mass is 79.9. The predicted octanol–water partition coefficient (Wildman–Crippen LogP) is 2.88. The number of fused-ring (bicyclic) bond motifs is 1. The summed E-state index contributed by atoms with van der Waals surface area (Å²) in [6.45, 7) is 0. The van der Waals surface area contributed by atoms with E-state index >= 15 is 0 Å². The molecule has 1 aromatic heterocycles. The summed E-state index contributed by atoms with van der Waals surface area (Å²) in [5.41, 5.74) is 6.67. The van der Waals surface area contributed by atoms with E-state index in [9.17, 15) is 3.89 Å². The lowest BCUT2D eigenvalue weighted by Crippen LogP contribution is -2.12. The van der Waals surface area contributed by atoms with Crippen LogP contribution in [-0.2, 0) is 0 Å². The molecular weight excluding hydrogens is 297 g/mol. The van der Waals surface area contributed by atoms with Gasteiger partial charge >= 0.3 is 0 Å². The molecule has 1 aromatic carbocycles. The van der Waals surface area contributed by atoms with Crippen LogP contribution in [0.4, 0.5) is 3.89 Å². The standard InChI is InChI=1S/C9H7BrFN3OS/c10-5-1-2-8-6(3-5)7(9(12)13-15)4-14(8)16-11/h1-4,15H,(H2,12,13). The Labute approximate surface area is 103 Å². The fourth-order valence-electron chi connectivity index (χ4n) is 1.49. The van der Waals surface area contributed by atoms with E-state index in [1.807, 2.05) is 0 Å². The molecule has 0 aliphatic heterocycles. The van der Waals surface area contributed by atoms with E-state index in [1.165, 1.54) is 10.2 Å². The van der Waals surface area contributed by atoms with Gasteiger partial charge in [-0.05, 0) is 18.2 Å². The second kappa shape index (κ2) is 4.34. The van der Waals surface area contributed by atoms with Gasteiger partial charge in [-0.25, -0.2) is 0 Å². The summed E-state index contributed by atoms with van der Waals surface area (Å²) < 4.78 is 14.8. The van der Waals surface area contributed by atoms with E-state index in [0.717, 1.165) is 9.86 Å². The van der Waals surface area contributed by atoms with E-state index in [4.69, 9.17) is 10.9 Å². The predicted molar refractivity (Wildman–Crippen MR) is 66.2 cm³/mol. The second-order valence-corrected chi connectivity index (χ2v) is 4.53. The van der Waals surface area contributed by atoms with Crippen LogP contribution in [-0.4, -0.2) is 15.0 Å². The molecule has 0 aliphatic rings. The molecule has 0 radical (unpaired) electrons. The molecule has 0 aliphatic carbocycles. The van der Waals surface area contributed by atoms with E-state index in [1.54, 1.807) is 18.2 Å². The Morgan fingerprint density at radius 1 is 1.56 bits per heavy atom. The van der Waals surface area contributed by atoms with Gasteiger partial charge in [-0.2, -0.15) is 0 Å². The number of nitrogens with zero attached hydrogens (tertiary/aromatic N) is 2. The monoisotopic (exact) mass is 303 g/mol. The third-order valence-electron chi connectivity index (χ3n) is 2.19. The normalized spacial score (nSPS) is 12.2. The van der Waals surface area contributed by atoms with E-state index in [2.05, 4.69) is 21.1 Å². The Hall–Kier alpha value is -1.21. The van der Waals surface area contributed by atoms with Crippen molar-refractivity contribution in [3.63, 3.8) is 0 Å². The van der Waals surface area contributed by atoms with E-state index in [-0.39, 0.29) is 18.2 Å². The van der Waals surface area contributed by atoms with E-state index < -0.39 is 0 Å². The molecular formula is C9H7BrFN3OS. The minimum Gasteiger partial charge on any atom is -0.409 e. The van der Waals surface area contributed by atoms with Crippen molar-refractivity contribution >= 4 is 45.0 Å². The molecule has 0 bridgehead atoms. The summed E-state index contributed by atoms with van der Waals surface area (Å²) in [5, 5.41) is 12.3. The summed E-state index contributed by atoms with van der Waals surface area (Å²) in [4.78, 5) is 0. The minimum absolute atomic E-state index is 0.0455. The van der Waals surface area contributed by atoms with Crippen LogP contribution in [0, 0.1) is 0 Å². The first-order valence-corrected chi connectivity index (χ1v) is 5.71. The van der Waals surface area contributed by atoms with Crippen LogP contribution < -0.4 is 5.73 Å². The fraction of sp³-hybridized carbons (Fsp3) is 0. The molecule has 2 rings (SSSR count). The van der Waals surface area contributed by atoms with Crippen molar-refractivity contribution in [2.45, 2.75) is 0 Å². The Morgan fingerprint density at radius 3 is 2.94 bits per heavy atom. The zero-order valence-electron chi connectivity index (χ0n) is 7.89. The average molecular weight is 304 g/mol. The van der Waals surface area contributed by atoms with Crippen LogP contribution in [0.1, 0.15) is 5.56 Å². The van der Waals surface area contributed by atoms with Gasteiger partial charge in [0.1, 0.15) is 0 Å². The third kappa shape index (κ3) is 1.76. The van der Waals surface area contributed by atoms with Crippen LogP contribution >= 0.6 is 28.3 Å². The number of hydrogen-bond donors (Lipinski definition) is 2. The molecule has 0 atom stereocenters. The summed E-state index contributed by atoms with van der Waals surface area (Å²) in [7, 11) is 0. The lowest BCUT2D eigenvalue weighted by Gasteiger charge is -1.97. The number of nitrogens with two attached hydrogens (primary N) is 1. The molecule has 7 heteroatoms. The molecule has 0 saturated heterocycles. The zero-order valence-corrected chi connectivity index (χ0v) is 10.3. The second-order valence-electron chi connectivity index (χ2n) is 3.08. The molecule has 0 amide bonds. The number of halogens is 2. The highest BCUT2D eigenvalue weighted by Gasteiger charge is 2.12. The van der Waals surface area contributed by atoms with Gasteiger partial charge in [0.25, 0.3) is 0 Å². The number of aromatic nitrogens is 1. The fourth-order valence-corrected chi connectivity index (χ4v) is 2.23. The quantitative estimate of drug-likeness (QED) is 0.388. The van der Waals surface area contributed by atoms with Gasteiger partial charge in [0.15, 0.2) is 18.2 Å². The first-order chi connectivity index (χ1) is 7.67. The molecule has 0 spiro atoms. The van der Waals surface area contributed by atoms with Gasteiger partial charge in [0.2, 0.25) is 0 Å². The van der Waals surface area contributed by atoms with Crippen molar-refractivity contribution in [2.24, 2.45) is 10.9 Å². The smallest absolute Gasteiger partial charge is 0.172 e. The molecule has 16 heavy (non-hydrogen) atoms. The van der Waals surface area contributed by atoms with Crippen LogP contribution in [0.15, 0.2) is 34.0 Å². The van der Waals surface area contributed by atoms with Crippen molar-refractivity contribution in [2.75, 3.05) is 0 Å². The van der Waals surface area contributed by atoms with Gasteiger partial charge in [0, 0.05) is 21.6 Å². The number of rotatable bonds is 2. The van der Waals surface area contributed by atoms with Gasteiger partial charge in [-0.3, -0.25) is 3.97 Å².